The van der Waals surface area contributed by atoms with Crippen molar-refractivity contribution in [2.45, 2.75) is 155 Å². The largest absolute Gasteiger partial charge is 0.496 e. The fourth-order valence-corrected chi connectivity index (χ4v) is 8.30. The van der Waals surface area contributed by atoms with Crippen LogP contribution in [-0.4, -0.2) is 28.4 Å². The highest BCUT2D eigenvalue weighted by molar-refractivity contribution is 5.81. The Hall–Kier alpha value is -6.22. The molecule has 8 heteroatoms. The second kappa shape index (κ2) is 32.4. The van der Waals surface area contributed by atoms with Gasteiger partial charge in [-0.25, -0.2) is 0 Å². The van der Waals surface area contributed by atoms with Crippen molar-refractivity contribution in [1.82, 2.24) is 0 Å². The summed E-state index contributed by atoms with van der Waals surface area (Å²) in [6.07, 6.45) is 38.8. The lowest BCUT2D eigenvalue weighted by Gasteiger charge is -2.15. The first-order chi connectivity index (χ1) is 32.3. The normalized spacial score (nSPS) is 10.8. The van der Waals surface area contributed by atoms with Crippen LogP contribution in [0.25, 0.3) is 36.5 Å². The Kier molecular flexibility index (Phi) is 26.6. The molecule has 0 aromatic heterocycles. The summed E-state index contributed by atoms with van der Waals surface area (Å²) in [6, 6.07) is 19.9. The number of nitrogens with zero attached hydrogens (tertiary/aromatic N) is 4. The molecule has 0 aliphatic heterocycles. The van der Waals surface area contributed by atoms with E-state index in [0.717, 1.165) is 47.9 Å². The van der Waals surface area contributed by atoms with Gasteiger partial charge in [-0.3, -0.25) is 0 Å². The van der Waals surface area contributed by atoms with Crippen LogP contribution in [-0.2, 0) is 12.8 Å². The van der Waals surface area contributed by atoms with Crippen molar-refractivity contribution in [3.8, 4) is 47.3 Å². The zero-order valence-corrected chi connectivity index (χ0v) is 40.9. The molecule has 3 aromatic carbocycles. The van der Waals surface area contributed by atoms with Crippen LogP contribution >= 0.6 is 0 Å². The number of nitriles is 4. The molecule has 0 bridgehead atoms. The summed E-state index contributed by atoms with van der Waals surface area (Å²) in [6.45, 7) is 4.53. The fraction of sp³-hybridized carbons (Fsp3) is 0.483. The van der Waals surface area contributed by atoms with Crippen molar-refractivity contribution in [3.63, 3.8) is 0 Å². The molecule has 0 N–H and O–H groups in total. The van der Waals surface area contributed by atoms with Crippen LogP contribution in [0.15, 0.2) is 47.5 Å². The average Bonchev–Trinajstić information content (AvgIpc) is 3.34. The van der Waals surface area contributed by atoms with Crippen LogP contribution in [0, 0.1) is 45.3 Å². The number of allylic oxidation sites excluding steroid dienone is 2. The Morgan fingerprint density at radius 1 is 0.364 bits per heavy atom. The lowest BCUT2D eigenvalue weighted by Crippen LogP contribution is -1.99. The van der Waals surface area contributed by atoms with Crippen molar-refractivity contribution in [2.24, 2.45) is 0 Å². The smallest absolute Gasteiger partial charge is 0.130 e. The van der Waals surface area contributed by atoms with Gasteiger partial charge >= 0.3 is 0 Å². The van der Waals surface area contributed by atoms with Gasteiger partial charge in [-0.1, -0.05) is 166 Å². The van der Waals surface area contributed by atoms with E-state index in [1.54, 1.807) is 40.6 Å². The highest BCUT2D eigenvalue weighted by Gasteiger charge is 2.14. The number of unbranched alkanes of at least 4 members (excludes halogenated alkanes) is 18. The van der Waals surface area contributed by atoms with Crippen LogP contribution < -0.4 is 18.9 Å². The lowest BCUT2D eigenvalue weighted by molar-refractivity contribution is 0.401. The number of methoxy groups -OCH3 is 4. The van der Waals surface area contributed by atoms with E-state index in [0.29, 0.717) is 34.1 Å². The number of ether oxygens (including phenoxy) is 4. The zero-order chi connectivity index (χ0) is 47.8. The van der Waals surface area contributed by atoms with Gasteiger partial charge in [-0.15, -0.1) is 0 Å². The quantitative estimate of drug-likeness (QED) is 0.0344. The molecular weight excluding hydrogens is 817 g/mol. The van der Waals surface area contributed by atoms with Gasteiger partial charge in [0.1, 0.15) is 58.4 Å². The SMILES string of the molecule is CCCCCCCCCCCCc1cc(C=Cc2cc(OC)c(C=C(C#N)C#N)cc2OC)c(CCCCCCCCCCCC)cc1C=Cc1cc(OC)c(C=C(C#N)C#N)cc1OC. The number of hydrogen-bond donors (Lipinski definition) is 0. The van der Waals surface area contributed by atoms with Crippen molar-refractivity contribution in [2.75, 3.05) is 28.4 Å². The minimum Gasteiger partial charge on any atom is -0.496 e. The molecule has 3 aromatic rings. The number of rotatable bonds is 32. The van der Waals surface area contributed by atoms with Crippen molar-refractivity contribution in [3.05, 3.63) is 92.1 Å². The molecule has 0 spiro atoms. The van der Waals surface area contributed by atoms with Crippen LogP contribution in [0.4, 0.5) is 0 Å². The highest BCUT2D eigenvalue weighted by atomic mass is 16.5. The third-order valence-electron chi connectivity index (χ3n) is 12.1. The van der Waals surface area contributed by atoms with Gasteiger partial charge in [0.25, 0.3) is 0 Å². The Bertz CT molecular complexity index is 2060. The van der Waals surface area contributed by atoms with E-state index >= 15 is 0 Å². The Morgan fingerprint density at radius 2 is 0.621 bits per heavy atom. The molecule has 350 valence electrons. The third-order valence-corrected chi connectivity index (χ3v) is 12.1. The van der Waals surface area contributed by atoms with Crippen LogP contribution in [0.1, 0.15) is 187 Å². The molecule has 0 saturated heterocycles. The zero-order valence-electron chi connectivity index (χ0n) is 40.9. The van der Waals surface area contributed by atoms with Crippen LogP contribution in [0.2, 0.25) is 0 Å². The average molecular weight is 891 g/mol. The molecular formula is C58H74N4O4. The van der Waals surface area contributed by atoms with Gasteiger partial charge in [-0.05, 0) is 84.4 Å². The molecule has 0 saturated carbocycles. The van der Waals surface area contributed by atoms with E-state index < -0.39 is 0 Å². The molecule has 0 aliphatic rings. The maximum atomic E-state index is 9.43. The number of benzene rings is 3. The maximum absolute atomic E-state index is 9.43. The van der Waals surface area contributed by atoms with Gasteiger partial charge in [0.2, 0.25) is 0 Å². The first kappa shape index (κ1) is 54.1. The van der Waals surface area contributed by atoms with Crippen LogP contribution in [0.3, 0.4) is 0 Å². The summed E-state index contributed by atoms with van der Waals surface area (Å²) in [5.41, 5.74) is 7.64. The van der Waals surface area contributed by atoms with E-state index in [1.807, 2.05) is 36.4 Å². The molecule has 0 fully saturated rings. The predicted molar refractivity (Wildman–Crippen MR) is 273 cm³/mol. The second-order valence-electron chi connectivity index (χ2n) is 17.0. The first-order valence-electron chi connectivity index (χ1n) is 24.4. The minimum atomic E-state index is -0.0177. The Morgan fingerprint density at radius 3 is 0.909 bits per heavy atom. The van der Waals surface area contributed by atoms with E-state index in [9.17, 15) is 21.0 Å². The summed E-state index contributed by atoms with van der Waals surface area (Å²) in [5.74, 6) is 2.30. The molecule has 0 atom stereocenters. The topological polar surface area (TPSA) is 132 Å². The fourth-order valence-electron chi connectivity index (χ4n) is 8.30. The van der Waals surface area contributed by atoms with Crippen LogP contribution in [0.5, 0.6) is 23.0 Å². The number of hydrogen-bond acceptors (Lipinski definition) is 8. The summed E-state index contributed by atoms with van der Waals surface area (Å²) < 4.78 is 23.1. The van der Waals surface area contributed by atoms with Gasteiger partial charge in [0.15, 0.2) is 0 Å². The molecule has 3 rings (SSSR count). The lowest BCUT2D eigenvalue weighted by atomic mass is 9.91. The third kappa shape index (κ3) is 18.7. The Balaban J connectivity index is 2.09. The molecule has 0 radical (unpaired) electrons. The van der Waals surface area contributed by atoms with Gasteiger partial charge in [0.05, 0.1) is 28.4 Å². The molecule has 0 amide bonds. The van der Waals surface area contributed by atoms with Gasteiger partial charge in [-0.2, -0.15) is 21.0 Å². The van der Waals surface area contributed by atoms with E-state index in [-0.39, 0.29) is 11.1 Å². The summed E-state index contributed by atoms with van der Waals surface area (Å²) in [4.78, 5) is 0. The molecule has 0 heterocycles. The van der Waals surface area contributed by atoms with Crippen molar-refractivity contribution < 1.29 is 18.9 Å². The molecule has 0 unspecified atom stereocenters. The molecule has 66 heavy (non-hydrogen) atoms. The van der Waals surface area contributed by atoms with E-state index in [4.69, 9.17) is 18.9 Å². The second-order valence-corrected chi connectivity index (χ2v) is 17.0. The molecule has 8 nitrogen and oxygen atoms in total. The summed E-state index contributed by atoms with van der Waals surface area (Å²) >= 11 is 0. The number of aryl methyl sites for hydroxylation is 2. The van der Waals surface area contributed by atoms with E-state index in [2.05, 4.69) is 50.3 Å². The van der Waals surface area contributed by atoms with Crippen molar-refractivity contribution >= 4 is 36.5 Å². The highest BCUT2D eigenvalue weighted by Crippen LogP contribution is 2.35. The first-order valence-corrected chi connectivity index (χ1v) is 24.4. The van der Waals surface area contributed by atoms with E-state index in [1.165, 1.54) is 139 Å². The van der Waals surface area contributed by atoms with Crippen molar-refractivity contribution in [1.29, 1.82) is 21.0 Å². The summed E-state index contributed by atoms with van der Waals surface area (Å²) in [5, 5.41) is 37.7. The van der Waals surface area contributed by atoms with Gasteiger partial charge in [0, 0.05) is 22.3 Å². The maximum Gasteiger partial charge on any atom is 0.130 e. The summed E-state index contributed by atoms with van der Waals surface area (Å²) in [7, 11) is 6.40. The van der Waals surface area contributed by atoms with Gasteiger partial charge < -0.3 is 18.9 Å². The molecule has 0 aliphatic carbocycles. The predicted octanol–water partition coefficient (Wildman–Crippen LogP) is 15.8. The standard InChI is InChI=1S/C58H74N4O4/c1-7-9-11-13-15-17-19-21-23-25-27-47-35-50(30-32-52-38-58(66-6)54(40-56(52)64-4)34-46(43-61)44-62)48(28-26-24-22-20-18-16-14-12-10-8-2)36-49(47)29-31-51-37-57(65-5)53(39-55(51)63-3)33-45(41-59)42-60/h29-40H,7-28H2,1-6H3. The monoisotopic (exact) mass is 891 g/mol. The minimum absolute atomic E-state index is 0.0177. The Labute approximate surface area is 397 Å².